The maximum atomic E-state index is 13.0. The second kappa shape index (κ2) is 11.2. The Morgan fingerprint density at radius 2 is 1.84 bits per heavy atom. The molecule has 0 radical (unpaired) electrons. The number of carbonyl (C=O) groups is 2. The number of carbonyl (C=O) groups excluding carboxylic acids is 2. The number of oxazole rings is 1. The molecule has 3 aliphatic carbocycles. The first-order chi connectivity index (χ1) is 17.3. The lowest BCUT2D eigenvalue weighted by Gasteiger charge is -2.36. The molecule has 202 valence electrons. The van der Waals surface area contributed by atoms with Gasteiger partial charge in [-0.15, -0.1) is 12.4 Å². The van der Waals surface area contributed by atoms with Crippen molar-refractivity contribution in [3.63, 3.8) is 0 Å². The zero-order chi connectivity index (χ0) is 25.4. The molecule has 4 N–H and O–H groups in total. The summed E-state index contributed by atoms with van der Waals surface area (Å²) in [5, 5.41) is 5.93. The molecule has 3 saturated carbocycles. The van der Waals surface area contributed by atoms with Gasteiger partial charge in [-0.25, -0.2) is 4.98 Å². The minimum Gasteiger partial charge on any atom is -0.489 e. The van der Waals surface area contributed by atoms with E-state index in [1.54, 1.807) is 6.92 Å². The van der Waals surface area contributed by atoms with Crippen molar-refractivity contribution < 1.29 is 32.3 Å². The van der Waals surface area contributed by atoms with Gasteiger partial charge < -0.3 is 30.3 Å². The van der Waals surface area contributed by atoms with E-state index in [9.17, 15) is 18.4 Å². The number of amides is 2. The molecule has 3 aliphatic rings. The summed E-state index contributed by atoms with van der Waals surface area (Å²) in [5.41, 5.74) is 6.55. The van der Waals surface area contributed by atoms with Gasteiger partial charge in [-0.3, -0.25) is 9.59 Å². The molecule has 1 heterocycles. The molecule has 0 unspecified atom stereocenters. The Bertz CT molecular complexity index is 1130. The standard InChI is InChI=1S/C25H30F2N4O5.ClH/c1-12(28)21-20(23(33)30-17-9-16(10-17)29-22(32)14-4-5-14)31-24(36-21)15-6-7-18(35-25(26)27)19(8-15)34-11-13-2-3-13;/h6-8,12-14,16-17,25H,2-5,9-11,28H2,1H3,(H,29,32)(H,30,33);1H/t12-,16?,17?;/m0./s1. The van der Waals surface area contributed by atoms with Crippen LogP contribution in [0.2, 0.25) is 0 Å². The first kappa shape index (κ1) is 27.1. The third-order valence-corrected chi connectivity index (χ3v) is 6.63. The molecule has 37 heavy (non-hydrogen) atoms. The van der Waals surface area contributed by atoms with Crippen LogP contribution in [0.4, 0.5) is 8.78 Å². The molecule has 0 saturated heterocycles. The first-order valence-electron chi connectivity index (χ1n) is 12.4. The van der Waals surface area contributed by atoms with Crippen molar-refractivity contribution in [2.24, 2.45) is 17.6 Å². The van der Waals surface area contributed by atoms with Crippen molar-refractivity contribution >= 4 is 24.2 Å². The number of ether oxygens (including phenoxy) is 2. The number of hydrogen-bond donors (Lipinski definition) is 3. The molecule has 5 rings (SSSR count). The number of aromatic nitrogens is 1. The zero-order valence-corrected chi connectivity index (χ0v) is 21.2. The first-order valence-corrected chi connectivity index (χ1v) is 12.4. The molecule has 12 heteroatoms. The third kappa shape index (κ3) is 6.70. The predicted octanol–water partition coefficient (Wildman–Crippen LogP) is 3.96. The Labute approximate surface area is 219 Å². The average molecular weight is 541 g/mol. The van der Waals surface area contributed by atoms with Crippen molar-refractivity contribution in [2.75, 3.05) is 6.61 Å². The van der Waals surface area contributed by atoms with E-state index < -0.39 is 18.6 Å². The summed E-state index contributed by atoms with van der Waals surface area (Å²) < 4.78 is 41.8. The summed E-state index contributed by atoms with van der Waals surface area (Å²) in [4.78, 5) is 29.3. The van der Waals surface area contributed by atoms with Crippen molar-refractivity contribution in [1.82, 2.24) is 15.6 Å². The lowest BCUT2D eigenvalue weighted by atomic mass is 9.86. The molecule has 3 fully saturated rings. The number of benzene rings is 1. The van der Waals surface area contributed by atoms with Gasteiger partial charge in [-0.1, -0.05) is 0 Å². The van der Waals surface area contributed by atoms with E-state index in [1.165, 1.54) is 18.2 Å². The van der Waals surface area contributed by atoms with E-state index in [0.717, 1.165) is 25.7 Å². The summed E-state index contributed by atoms with van der Waals surface area (Å²) >= 11 is 0. The van der Waals surface area contributed by atoms with Gasteiger partial charge in [0.1, 0.15) is 0 Å². The lowest BCUT2D eigenvalue weighted by molar-refractivity contribution is -0.123. The van der Waals surface area contributed by atoms with Crippen LogP contribution in [0.1, 0.15) is 67.7 Å². The van der Waals surface area contributed by atoms with Crippen LogP contribution in [-0.4, -0.2) is 42.1 Å². The molecular weight excluding hydrogens is 510 g/mol. The Morgan fingerprint density at radius 3 is 2.46 bits per heavy atom. The Hall–Kier alpha value is -2.92. The molecule has 1 aromatic carbocycles. The second-order valence-corrected chi connectivity index (χ2v) is 9.94. The normalized spacial score (nSPS) is 21.4. The molecular formula is C25H31ClF2N4O5. The van der Waals surface area contributed by atoms with Crippen LogP contribution in [0.5, 0.6) is 11.5 Å². The second-order valence-electron chi connectivity index (χ2n) is 9.94. The number of nitrogens with one attached hydrogen (secondary N) is 2. The fourth-order valence-corrected chi connectivity index (χ4v) is 4.14. The van der Waals surface area contributed by atoms with Crippen LogP contribution in [0, 0.1) is 11.8 Å². The summed E-state index contributed by atoms with van der Waals surface area (Å²) in [7, 11) is 0. The summed E-state index contributed by atoms with van der Waals surface area (Å²) in [6, 6.07) is 3.76. The molecule has 1 atom stereocenters. The van der Waals surface area contributed by atoms with E-state index in [1.807, 2.05) is 0 Å². The van der Waals surface area contributed by atoms with Crippen molar-refractivity contribution in [1.29, 1.82) is 0 Å². The van der Waals surface area contributed by atoms with Gasteiger partial charge in [-0.05, 0) is 69.6 Å². The maximum absolute atomic E-state index is 13.0. The topological polar surface area (TPSA) is 129 Å². The van der Waals surface area contributed by atoms with Crippen LogP contribution in [0.15, 0.2) is 22.6 Å². The molecule has 2 aromatic rings. The summed E-state index contributed by atoms with van der Waals surface area (Å²) in [5.74, 6) is 0.635. The number of nitrogens with two attached hydrogens (primary N) is 1. The van der Waals surface area contributed by atoms with Crippen LogP contribution in [-0.2, 0) is 4.79 Å². The highest BCUT2D eigenvalue weighted by molar-refractivity contribution is 5.94. The van der Waals surface area contributed by atoms with Crippen LogP contribution in [0.3, 0.4) is 0 Å². The van der Waals surface area contributed by atoms with Crippen molar-refractivity contribution in [2.45, 2.75) is 70.2 Å². The predicted molar refractivity (Wildman–Crippen MR) is 132 cm³/mol. The van der Waals surface area contributed by atoms with Gasteiger partial charge in [0, 0.05) is 23.6 Å². The number of nitrogens with zero attached hydrogens (tertiary/aromatic N) is 1. The van der Waals surface area contributed by atoms with Crippen molar-refractivity contribution in [3.8, 4) is 23.0 Å². The van der Waals surface area contributed by atoms with E-state index in [4.69, 9.17) is 14.9 Å². The van der Waals surface area contributed by atoms with E-state index >= 15 is 0 Å². The summed E-state index contributed by atoms with van der Waals surface area (Å²) in [6.07, 6.45) is 5.27. The number of hydrogen-bond acceptors (Lipinski definition) is 7. The van der Waals surface area contributed by atoms with Gasteiger partial charge >= 0.3 is 6.61 Å². The highest BCUT2D eigenvalue weighted by Crippen LogP contribution is 2.37. The fourth-order valence-electron chi connectivity index (χ4n) is 4.14. The van der Waals surface area contributed by atoms with Gasteiger partial charge in [0.2, 0.25) is 11.8 Å². The van der Waals surface area contributed by atoms with E-state index in [-0.39, 0.29) is 65.2 Å². The van der Waals surface area contributed by atoms with Gasteiger partial charge in [-0.2, -0.15) is 8.78 Å². The maximum Gasteiger partial charge on any atom is 0.387 e. The lowest BCUT2D eigenvalue weighted by Crippen LogP contribution is -2.54. The highest BCUT2D eigenvalue weighted by Gasteiger charge is 2.37. The SMILES string of the molecule is C[C@H](N)c1oc(-c2ccc(OC(F)F)c(OCC3CC3)c2)nc1C(=O)NC1CC(NC(=O)C2CC2)C1.Cl. The fraction of sp³-hybridized carbons (Fsp3) is 0.560. The quantitative estimate of drug-likeness (QED) is 0.393. The monoisotopic (exact) mass is 540 g/mol. The van der Waals surface area contributed by atoms with Crippen LogP contribution < -0.4 is 25.8 Å². The van der Waals surface area contributed by atoms with Crippen molar-refractivity contribution in [3.05, 3.63) is 29.7 Å². The number of halogens is 3. The van der Waals surface area contributed by atoms with Crippen LogP contribution >= 0.6 is 12.4 Å². The molecule has 2 amide bonds. The minimum atomic E-state index is -2.99. The number of alkyl halides is 2. The number of rotatable bonds is 11. The summed E-state index contributed by atoms with van der Waals surface area (Å²) in [6.45, 7) is -0.914. The molecule has 9 nitrogen and oxygen atoms in total. The third-order valence-electron chi connectivity index (χ3n) is 6.63. The minimum absolute atomic E-state index is 0. The van der Waals surface area contributed by atoms with E-state index in [2.05, 4.69) is 20.4 Å². The van der Waals surface area contributed by atoms with Crippen LogP contribution in [0.25, 0.3) is 11.5 Å². The molecule has 0 bridgehead atoms. The molecule has 1 aromatic heterocycles. The smallest absolute Gasteiger partial charge is 0.387 e. The molecule has 0 spiro atoms. The van der Waals surface area contributed by atoms with Gasteiger partial charge in [0.15, 0.2) is 23.0 Å². The Morgan fingerprint density at radius 1 is 1.14 bits per heavy atom. The Balaban J connectivity index is 0.00000320. The average Bonchev–Trinajstić information content (AvgIpc) is 3.73. The highest BCUT2D eigenvalue weighted by atomic mass is 35.5. The van der Waals surface area contributed by atoms with E-state index in [0.29, 0.717) is 30.9 Å². The largest absolute Gasteiger partial charge is 0.489 e. The van der Waals surface area contributed by atoms with Gasteiger partial charge in [0.25, 0.3) is 5.91 Å². The Kier molecular flexibility index (Phi) is 8.23. The molecule has 0 aliphatic heterocycles. The van der Waals surface area contributed by atoms with Gasteiger partial charge in [0.05, 0.1) is 12.6 Å². The zero-order valence-electron chi connectivity index (χ0n) is 20.4.